The molecule has 1 amide bonds. The molecule has 30 heavy (non-hydrogen) atoms. The smallest absolute Gasteiger partial charge is 0.253 e. The Morgan fingerprint density at radius 2 is 2.00 bits per heavy atom. The Morgan fingerprint density at radius 3 is 2.73 bits per heavy atom. The van der Waals surface area contributed by atoms with Crippen molar-refractivity contribution in [2.75, 3.05) is 17.2 Å². The number of hydrogen-bond acceptors (Lipinski definition) is 4. The summed E-state index contributed by atoms with van der Waals surface area (Å²) in [6, 6.07) is 12.7. The first-order valence-corrected chi connectivity index (χ1v) is 10.4. The van der Waals surface area contributed by atoms with Crippen LogP contribution >= 0.6 is 11.6 Å². The minimum atomic E-state index is -0.254. The maximum absolute atomic E-state index is 12.8. The molecule has 0 aliphatic heterocycles. The molecule has 1 aliphatic carbocycles. The second-order valence-corrected chi connectivity index (χ2v) is 8.16. The first-order valence-electron chi connectivity index (χ1n) is 10.0. The molecule has 1 aliphatic rings. The van der Waals surface area contributed by atoms with E-state index < -0.39 is 0 Å². The largest absolute Gasteiger partial charge is 0.492 e. The number of aromatic amines is 1. The van der Waals surface area contributed by atoms with Gasteiger partial charge in [-0.1, -0.05) is 17.7 Å². The maximum Gasteiger partial charge on any atom is 0.253 e. The number of halogens is 1. The highest BCUT2D eigenvalue weighted by Crippen LogP contribution is 2.35. The van der Waals surface area contributed by atoms with Crippen molar-refractivity contribution in [2.45, 2.75) is 32.7 Å². The molecule has 6 nitrogen and oxygen atoms in total. The van der Waals surface area contributed by atoms with Gasteiger partial charge >= 0.3 is 0 Å². The van der Waals surface area contributed by atoms with Crippen molar-refractivity contribution in [3.8, 4) is 5.75 Å². The van der Waals surface area contributed by atoms with E-state index in [0.717, 1.165) is 11.1 Å². The van der Waals surface area contributed by atoms with Crippen molar-refractivity contribution in [2.24, 2.45) is 5.92 Å². The fourth-order valence-electron chi connectivity index (χ4n) is 3.38. The summed E-state index contributed by atoms with van der Waals surface area (Å²) >= 11 is 6.49. The summed E-state index contributed by atoms with van der Waals surface area (Å²) in [4.78, 5) is 26.9. The van der Waals surface area contributed by atoms with Crippen molar-refractivity contribution in [3.05, 3.63) is 63.4 Å². The quantitative estimate of drug-likeness (QED) is 0.491. The predicted octanol–water partition coefficient (Wildman–Crippen LogP) is 5.10. The molecule has 0 bridgehead atoms. The van der Waals surface area contributed by atoms with Crippen molar-refractivity contribution in [1.82, 2.24) is 4.98 Å². The monoisotopic (exact) mass is 425 g/mol. The zero-order valence-corrected chi connectivity index (χ0v) is 17.7. The van der Waals surface area contributed by atoms with Crippen molar-refractivity contribution < 1.29 is 9.53 Å². The molecule has 4 rings (SSSR count). The standard InChI is InChI=1S/C23H24ClN3O3/c1-13(25-17-4-3-5-18(11-17)26-14(2)28)19-10-16-8-9-20(30-12-15-6-7-15)21(24)22(16)27-23(19)29/h3-5,8-11,13,15,25H,6-7,12H2,1-2H3,(H,26,28)(H,27,29)/t13-/m0/s1. The summed E-state index contributed by atoms with van der Waals surface area (Å²) in [6.45, 7) is 4.03. The number of aromatic nitrogens is 1. The fourth-order valence-corrected chi connectivity index (χ4v) is 3.65. The molecule has 1 saturated carbocycles. The zero-order valence-electron chi connectivity index (χ0n) is 16.9. The van der Waals surface area contributed by atoms with E-state index in [1.54, 1.807) is 0 Å². The third-order valence-corrected chi connectivity index (χ3v) is 5.53. The molecule has 1 fully saturated rings. The van der Waals surface area contributed by atoms with Crippen LogP contribution in [0, 0.1) is 5.92 Å². The summed E-state index contributed by atoms with van der Waals surface area (Å²) in [5.41, 5.74) is 2.46. The summed E-state index contributed by atoms with van der Waals surface area (Å²) in [5.74, 6) is 1.08. The van der Waals surface area contributed by atoms with Gasteiger partial charge in [0.25, 0.3) is 5.56 Å². The predicted molar refractivity (Wildman–Crippen MR) is 121 cm³/mol. The number of carbonyl (C=O) groups excluding carboxylic acids is 1. The average Bonchev–Trinajstić information content (AvgIpc) is 3.52. The Labute approximate surface area is 179 Å². The molecule has 156 valence electrons. The second kappa shape index (κ2) is 8.40. The molecule has 0 saturated heterocycles. The van der Waals surface area contributed by atoms with Gasteiger partial charge in [-0.05, 0) is 62.1 Å². The van der Waals surface area contributed by atoms with Crippen molar-refractivity contribution in [1.29, 1.82) is 0 Å². The van der Waals surface area contributed by atoms with Gasteiger partial charge in [0.15, 0.2) is 0 Å². The number of hydrogen-bond donors (Lipinski definition) is 3. The number of carbonyl (C=O) groups is 1. The summed E-state index contributed by atoms with van der Waals surface area (Å²) in [7, 11) is 0. The highest BCUT2D eigenvalue weighted by Gasteiger charge is 2.23. The normalized spacial score (nSPS) is 14.4. The van der Waals surface area contributed by atoms with Gasteiger partial charge in [-0.25, -0.2) is 0 Å². The van der Waals surface area contributed by atoms with Gasteiger partial charge in [-0.15, -0.1) is 0 Å². The molecule has 0 spiro atoms. The Hall–Kier alpha value is -2.99. The molecule has 3 aromatic rings. The van der Waals surface area contributed by atoms with Crippen LogP contribution < -0.4 is 20.9 Å². The Morgan fingerprint density at radius 1 is 1.23 bits per heavy atom. The Bertz CT molecular complexity index is 1150. The second-order valence-electron chi connectivity index (χ2n) is 7.78. The molecule has 3 N–H and O–H groups in total. The third-order valence-electron chi connectivity index (χ3n) is 5.15. The maximum atomic E-state index is 12.8. The number of pyridine rings is 1. The van der Waals surface area contributed by atoms with Gasteiger partial charge < -0.3 is 20.4 Å². The van der Waals surface area contributed by atoms with Crippen molar-refractivity contribution >= 4 is 39.8 Å². The molecule has 1 atom stereocenters. The lowest BCUT2D eigenvalue weighted by Crippen LogP contribution is -2.19. The molecule has 0 unspecified atom stereocenters. The van der Waals surface area contributed by atoms with Gasteiger partial charge in [0.1, 0.15) is 10.8 Å². The number of amides is 1. The van der Waals surface area contributed by atoms with E-state index in [-0.39, 0.29) is 17.5 Å². The number of benzene rings is 2. The van der Waals surface area contributed by atoms with Gasteiger partial charge in [0.05, 0.1) is 18.2 Å². The lowest BCUT2D eigenvalue weighted by atomic mass is 10.1. The van der Waals surface area contributed by atoms with Crippen LogP contribution in [-0.4, -0.2) is 17.5 Å². The van der Waals surface area contributed by atoms with E-state index in [9.17, 15) is 9.59 Å². The van der Waals surface area contributed by atoms with Gasteiger partial charge in [-0.2, -0.15) is 0 Å². The topological polar surface area (TPSA) is 83.2 Å². The number of fused-ring (bicyclic) bond motifs is 1. The van der Waals surface area contributed by atoms with Crippen LogP contribution in [0.5, 0.6) is 5.75 Å². The zero-order chi connectivity index (χ0) is 21.3. The summed E-state index contributed by atoms with van der Waals surface area (Å²) < 4.78 is 5.81. The highest BCUT2D eigenvalue weighted by molar-refractivity contribution is 6.36. The molecule has 1 aromatic heterocycles. The number of ether oxygens (including phenoxy) is 1. The lowest BCUT2D eigenvalue weighted by Gasteiger charge is -2.17. The molecule has 0 radical (unpaired) electrons. The molecule has 7 heteroatoms. The molecular weight excluding hydrogens is 402 g/mol. The van der Waals surface area contributed by atoms with Crippen LogP contribution in [-0.2, 0) is 4.79 Å². The van der Waals surface area contributed by atoms with Gasteiger partial charge in [0, 0.05) is 29.2 Å². The SMILES string of the molecule is CC(=O)Nc1cccc(N[C@@H](C)c2cc3ccc(OCC4CC4)c(Cl)c3[nH]c2=O)c1. The van der Waals surface area contributed by atoms with Crippen LogP contribution in [0.4, 0.5) is 11.4 Å². The Kier molecular flexibility index (Phi) is 5.68. The van der Waals surface area contributed by atoms with E-state index in [1.165, 1.54) is 19.8 Å². The molecule has 2 aromatic carbocycles. The minimum Gasteiger partial charge on any atom is -0.492 e. The van der Waals surface area contributed by atoms with E-state index in [1.807, 2.05) is 49.4 Å². The fraction of sp³-hybridized carbons (Fsp3) is 0.304. The van der Waals surface area contributed by atoms with Crippen LogP contribution in [0.25, 0.3) is 10.9 Å². The number of H-pyrrole nitrogens is 1. The molecular formula is C23H24ClN3O3. The van der Waals surface area contributed by atoms with E-state index >= 15 is 0 Å². The minimum absolute atomic E-state index is 0.136. The van der Waals surface area contributed by atoms with Gasteiger partial charge in [-0.3, -0.25) is 9.59 Å². The molecule has 1 heterocycles. The Balaban J connectivity index is 1.57. The highest BCUT2D eigenvalue weighted by atomic mass is 35.5. The van der Waals surface area contributed by atoms with E-state index in [2.05, 4.69) is 15.6 Å². The first-order chi connectivity index (χ1) is 14.4. The van der Waals surface area contributed by atoms with Crippen molar-refractivity contribution in [3.63, 3.8) is 0 Å². The summed E-state index contributed by atoms with van der Waals surface area (Å²) in [6.07, 6.45) is 2.40. The van der Waals surface area contributed by atoms with E-state index in [4.69, 9.17) is 16.3 Å². The number of rotatable bonds is 7. The first kappa shape index (κ1) is 20.3. The van der Waals surface area contributed by atoms with Crippen LogP contribution in [0.1, 0.15) is 38.3 Å². The average molecular weight is 426 g/mol. The summed E-state index contributed by atoms with van der Waals surface area (Å²) in [5, 5.41) is 7.34. The lowest BCUT2D eigenvalue weighted by molar-refractivity contribution is -0.114. The third kappa shape index (κ3) is 4.60. The van der Waals surface area contributed by atoms with E-state index in [0.29, 0.717) is 40.1 Å². The van der Waals surface area contributed by atoms with Crippen LogP contribution in [0.15, 0.2) is 47.3 Å². The van der Waals surface area contributed by atoms with Crippen LogP contribution in [0.3, 0.4) is 0 Å². The number of anilines is 2. The van der Waals surface area contributed by atoms with Crippen LogP contribution in [0.2, 0.25) is 5.02 Å². The van der Waals surface area contributed by atoms with Gasteiger partial charge in [0.2, 0.25) is 5.91 Å². The number of nitrogens with one attached hydrogen (secondary N) is 3.